The standard InChI is InChI=1S/C23H37N6O6P.C14H20N4O5.C12H17N3O4/c1-9-23-13-28(21(31)25-8)17(20(34-23)27-12-16(6)19(30)26-22(27)32)18(23)35-36(33-11-10-24-7)29(14(2)3)15(4)5;1-4-14-6-18(12(21)15-3)8(9(14)19)11(23-14)17-5-7(2)10(20)16-13(17)22;1-3-12-5-13-7(8(12)16)10(19-12)15-4-6(2)9(17)14-11(15)18/h12,14-15,17-18,20H,9-11,13H2,1-6,8H3,(H,25,31)(H,26,30,32);5,8-9,11,19H,4,6H2,1-3H3,(H,15,21)(H,16,20,22);4,7-8,10,13,16H,3,5H2,1-2H3,(H,14,17,18)/t17-,18+,20-,23+,36?;8-,9+,11-,14+;7-,8+,10-,12+/m111/s1. The van der Waals surface area contributed by atoms with Crippen LogP contribution in [0.3, 0.4) is 0 Å². The Hall–Kier alpha value is -5.86. The molecule has 0 saturated carbocycles. The van der Waals surface area contributed by atoms with Gasteiger partial charge in [-0.2, -0.15) is 0 Å². The minimum Gasteiger partial charge on any atom is -0.388 e. The number of urea groups is 2. The van der Waals surface area contributed by atoms with Gasteiger partial charge in [0.15, 0.2) is 18.7 Å². The van der Waals surface area contributed by atoms with Gasteiger partial charge in [0.2, 0.25) is 6.54 Å². The molecule has 9 rings (SSSR count). The summed E-state index contributed by atoms with van der Waals surface area (Å²) in [6.07, 6.45) is 1.52. The van der Waals surface area contributed by atoms with E-state index in [1.165, 1.54) is 44.2 Å². The van der Waals surface area contributed by atoms with E-state index in [0.29, 0.717) is 42.5 Å². The highest BCUT2D eigenvalue weighted by molar-refractivity contribution is 7.44. The molecule has 4 amide bonds. The number of hydrogen-bond donors (Lipinski definition) is 8. The fourth-order valence-electron chi connectivity index (χ4n) is 11.4. The number of amides is 4. The molecule has 1 unspecified atom stereocenters. The summed E-state index contributed by atoms with van der Waals surface area (Å²) in [4.78, 5) is 110. The largest absolute Gasteiger partial charge is 0.388 e. The van der Waals surface area contributed by atoms with Crippen LogP contribution in [0.5, 0.6) is 0 Å². The van der Waals surface area contributed by atoms with Crippen LogP contribution >= 0.6 is 8.53 Å². The van der Waals surface area contributed by atoms with Gasteiger partial charge in [-0.15, -0.1) is 0 Å². The van der Waals surface area contributed by atoms with Gasteiger partial charge in [0.05, 0.1) is 19.1 Å². The first-order chi connectivity index (χ1) is 36.8. The molecule has 8 N–H and O–H groups in total. The Morgan fingerprint density at radius 2 is 1.14 bits per heavy atom. The number of ether oxygens (including phenoxy) is 3. The van der Waals surface area contributed by atoms with E-state index >= 15 is 0 Å². The average Bonchev–Trinajstić information content (AvgIpc) is 4.10. The number of likely N-dealkylation sites (tertiary alicyclic amines) is 2. The van der Waals surface area contributed by atoms with Crippen molar-refractivity contribution in [1.29, 1.82) is 0 Å². The molecule has 0 spiro atoms. The van der Waals surface area contributed by atoms with Crippen molar-refractivity contribution in [3.05, 3.63) is 109 Å². The van der Waals surface area contributed by atoms with E-state index in [0.717, 1.165) is 0 Å². The molecule has 13 atom stereocenters. The Labute approximate surface area is 450 Å². The number of aliphatic hydroxyl groups excluding tert-OH is 2. The smallest absolute Gasteiger partial charge is 0.330 e. The Balaban J connectivity index is 0.000000180. The molecule has 0 aliphatic carbocycles. The number of aryl methyl sites for hydroxylation is 3. The van der Waals surface area contributed by atoms with Crippen LogP contribution in [0.15, 0.2) is 47.4 Å². The number of aliphatic hydroxyl groups is 2. The summed E-state index contributed by atoms with van der Waals surface area (Å²) in [5.74, 6) is 0. The van der Waals surface area contributed by atoms with E-state index in [2.05, 4.69) is 68.1 Å². The lowest BCUT2D eigenvalue weighted by molar-refractivity contribution is -0.130. The van der Waals surface area contributed by atoms with Crippen molar-refractivity contribution >= 4 is 20.6 Å². The molecule has 6 aliphatic heterocycles. The van der Waals surface area contributed by atoms with E-state index in [1.807, 2.05) is 20.8 Å². The number of carbonyl (C=O) groups is 2. The first-order valence-electron chi connectivity index (χ1n) is 26.1. The Kier molecular flexibility index (Phi) is 18.0. The second-order valence-electron chi connectivity index (χ2n) is 20.9. The maximum Gasteiger partial charge on any atom is 0.330 e. The molecule has 6 fully saturated rings. The van der Waals surface area contributed by atoms with Gasteiger partial charge in [-0.3, -0.25) is 43.0 Å². The zero-order valence-electron chi connectivity index (χ0n) is 46.0. The van der Waals surface area contributed by atoms with Crippen molar-refractivity contribution in [2.75, 3.05) is 46.9 Å². The molecule has 3 aromatic heterocycles. The summed E-state index contributed by atoms with van der Waals surface area (Å²) in [6.45, 7) is 27.4. The molecule has 6 bridgehead atoms. The molecule has 430 valence electrons. The van der Waals surface area contributed by atoms with E-state index in [1.54, 1.807) is 32.7 Å². The summed E-state index contributed by atoms with van der Waals surface area (Å²) in [7, 11) is 1.44. The lowest BCUT2D eigenvalue weighted by atomic mass is 9.96. The second-order valence-corrected chi connectivity index (χ2v) is 22.3. The molecular formula is C49H74N13O15P. The second kappa shape index (κ2) is 23.5. The van der Waals surface area contributed by atoms with E-state index in [4.69, 9.17) is 29.8 Å². The Morgan fingerprint density at radius 1 is 0.718 bits per heavy atom. The molecule has 6 aliphatic rings. The van der Waals surface area contributed by atoms with Crippen molar-refractivity contribution in [2.45, 2.75) is 173 Å². The third-order valence-corrected chi connectivity index (χ3v) is 17.7. The zero-order valence-corrected chi connectivity index (χ0v) is 46.9. The topological polar surface area (TPSA) is 336 Å². The van der Waals surface area contributed by atoms with Gasteiger partial charge in [-0.05, 0) is 67.7 Å². The fraction of sp³-hybridized carbons (Fsp3) is 0.694. The average molecular weight is 1120 g/mol. The van der Waals surface area contributed by atoms with Crippen molar-refractivity contribution in [3.8, 4) is 0 Å². The highest BCUT2D eigenvalue weighted by atomic mass is 31.2. The maximum atomic E-state index is 12.9. The molecule has 6 saturated heterocycles. The van der Waals surface area contributed by atoms with Crippen molar-refractivity contribution in [2.24, 2.45) is 0 Å². The molecular weight excluding hydrogens is 1040 g/mol. The highest BCUT2D eigenvalue weighted by Crippen LogP contribution is 2.57. The first kappa shape index (κ1) is 59.8. The molecule has 9 heterocycles. The third-order valence-electron chi connectivity index (χ3n) is 15.6. The summed E-state index contributed by atoms with van der Waals surface area (Å²) >= 11 is 0. The summed E-state index contributed by atoms with van der Waals surface area (Å²) in [5, 5.41) is 29.3. The minimum atomic E-state index is -1.62. The van der Waals surface area contributed by atoms with Gasteiger partial charge in [0.1, 0.15) is 53.8 Å². The molecule has 29 heteroatoms. The van der Waals surface area contributed by atoms with Crippen LogP contribution in [0.4, 0.5) is 9.59 Å². The number of H-pyrrole nitrogens is 3. The SMILES string of the molecule is CC[C@@]12CN(C(=O)NC)[C@@H]([C@H](n3cc(C)c(=O)[nH]c3=O)O1)[C@@H]2O.CC[C@@]12CN[C@@H]([C@H](n3cc(C)c(=O)[nH]c3=O)O1)[C@@H]2O.[C-]#[N+]CCOP(O[C@H]1[C@@H]2[C@H](n3cc(C)c(=O)[nH]c3=O)O[C@@]1(CC)CN2C(=O)NC)N(C(C)C)C(C)C. The van der Waals surface area contributed by atoms with Crippen LogP contribution in [-0.2, 0) is 23.3 Å². The normalized spacial score (nSPS) is 30.6. The number of hydrogen-bond acceptors (Lipinski definition) is 17. The quantitative estimate of drug-likeness (QED) is 0.0597. The predicted molar refractivity (Wildman–Crippen MR) is 283 cm³/mol. The molecule has 0 aromatic carbocycles. The van der Waals surface area contributed by atoms with Crippen LogP contribution in [0.25, 0.3) is 4.85 Å². The molecule has 0 radical (unpaired) electrons. The summed E-state index contributed by atoms with van der Waals surface area (Å²) in [6, 6.07) is -2.14. The van der Waals surface area contributed by atoms with Gasteiger partial charge in [0, 0.05) is 68.0 Å². The number of rotatable bonds is 14. The van der Waals surface area contributed by atoms with Crippen LogP contribution < -0.4 is 49.7 Å². The lowest BCUT2D eigenvalue weighted by Crippen LogP contribution is -2.52. The monoisotopic (exact) mass is 1120 g/mol. The van der Waals surface area contributed by atoms with Gasteiger partial charge < -0.3 is 64.1 Å². The lowest BCUT2D eigenvalue weighted by Gasteiger charge is -2.38. The number of nitrogens with one attached hydrogen (secondary N) is 6. The third kappa shape index (κ3) is 10.7. The number of aromatic nitrogens is 6. The van der Waals surface area contributed by atoms with Crippen LogP contribution in [0, 0.1) is 27.3 Å². The van der Waals surface area contributed by atoms with Gasteiger partial charge in [0.25, 0.3) is 25.2 Å². The molecule has 3 aromatic rings. The van der Waals surface area contributed by atoms with Crippen molar-refractivity contribution in [3.63, 3.8) is 0 Å². The van der Waals surface area contributed by atoms with Gasteiger partial charge in [-0.1, -0.05) is 20.8 Å². The van der Waals surface area contributed by atoms with Gasteiger partial charge in [-0.25, -0.2) is 35.2 Å². The predicted octanol–water partition coefficient (Wildman–Crippen LogP) is -0.0245. The minimum absolute atomic E-state index is 0.0944. The number of morpholine rings is 3. The number of fused-ring (bicyclic) bond motifs is 6. The van der Waals surface area contributed by atoms with E-state index < -0.39 is 108 Å². The number of aromatic amines is 3. The Bertz CT molecular complexity index is 3110. The van der Waals surface area contributed by atoms with Crippen LogP contribution in [0.1, 0.15) is 103 Å². The first-order valence-corrected chi connectivity index (χ1v) is 27.2. The zero-order chi connectivity index (χ0) is 57.5. The Morgan fingerprint density at radius 3 is 1.56 bits per heavy atom. The molecule has 28 nitrogen and oxygen atoms in total. The fourth-order valence-corrected chi connectivity index (χ4v) is 13.2. The number of nitrogens with zero attached hydrogens (tertiary/aromatic N) is 7. The van der Waals surface area contributed by atoms with Gasteiger partial charge >= 0.3 is 29.1 Å². The van der Waals surface area contributed by atoms with Crippen LogP contribution in [0.2, 0.25) is 0 Å². The van der Waals surface area contributed by atoms with Crippen molar-refractivity contribution < 1.29 is 43.1 Å². The maximum absolute atomic E-state index is 12.9. The highest BCUT2D eigenvalue weighted by Gasteiger charge is 2.67. The number of carbonyl (C=O) groups excluding carboxylic acids is 2. The molecule has 78 heavy (non-hydrogen) atoms. The van der Waals surface area contributed by atoms with E-state index in [-0.39, 0.29) is 56.4 Å². The van der Waals surface area contributed by atoms with Crippen LogP contribution in [-0.4, -0.2) is 178 Å². The van der Waals surface area contributed by atoms with Crippen molar-refractivity contribution in [1.82, 2.24) is 59.1 Å². The summed E-state index contributed by atoms with van der Waals surface area (Å²) < 4.78 is 37.2. The van der Waals surface area contributed by atoms with E-state index in [9.17, 15) is 48.6 Å². The summed E-state index contributed by atoms with van der Waals surface area (Å²) in [5.41, 5.74) is -4.42.